The minimum Gasteiger partial charge on any atom is -0.385 e. The Morgan fingerprint density at radius 2 is 2.18 bits per heavy atom. The zero-order valence-corrected chi connectivity index (χ0v) is 14.7. The molecule has 0 saturated heterocycles. The van der Waals surface area contributed by atoms with Gasteiger partial charge in [-0.25, -0.2) is 0 Å². The van der Waals surface area contributed by atoms with Crippen LogP contribution in [0.4, 0.5) is 5.69 Å². The number of nitrogens with zero attached hydrogens (tertiary/aromatic N) is 1. The normalized spacial score (nSPS) is 12.8. The lowest BCUT2D eigenvalue weighted by molar-refractivity contribution is 0.0785. The van der Waals surface area contributed by atoms with Crippen molar-refractivity contribution in [1.82, 2.24) is 4.90 Å². The zero-order valence-electron chi connectivity index (χ0n) is 12.3. The van der Waals surface area contributed by atoms with Crippen molar-refractivity contribution in [3.05, 3.63) is 50.7 Å². The molecule has 6 heteroatoms. The molecule has 1 N–H and O–H groups in total. The molecule has 118 valence electrons. The molecule has 2 aromatic rings. The summed E-state index contributed by atoms with van der Waals surface area (Å²) in [7, 11) is 1.84. The third-order valence-corrected chi connectivity index (χ3v) is 4.91. The third kappa shape index (κ3) is 3.57. The van der Waals surface area contributed by atoms with Crippen LogP contribution in [0.5, 0.6) is 0 Å². The standard InChI is InChI=1S/C16H17ClN2OS.ClH/c1-19(10-11-7-8-15(17)21-11)16(20)13-4-2-6-14-12(13)5-3-9-18-14;/h2,4,6-8,18H,3,5,9-10H2,1H3;1H. The van der Waals surface area contributed by atoms with Crippen molar-refractivity contribution in [3.8, 4) is 0 Å². The van der Waals surface area contributed by atoms with Gasteiger partial charge in [-0.15, -0.1) is 23.7 Å². The molecule has 2 heterocycles. The van der Waals surface area contributed by atoms with Gasteiger partial charge in [0.2, 0.25) is 0 Å². The minimum atomic E-state index is 0. The van der Waals surface area contributed by atoms with Gasteiger partial charge in [-0.1, -0.05) is 17.7 Å². The van der Waals surface area contributed by atoms with Crippen molar-refractivity contribution in [2.24, 2.45) is 0 Å². The van der Waals surface area contributed by atoms with E-state index in [9.17, 15) is 4.79 Å². The fraction of sp³-hybridized carbons (Fsp3) is 0.312. The Morgan fingerprint density at radius 1 is 1.36 bits per heavy atom. The summed E-state index contributed by atoms with van der Waals surface area (Å²) < 4.78 is 0.757. The van der Waals surface area contributed by atoms with Crippen molar-refractivity contribution in [3.63, 3.8) is 0 Å². The quantitative estimate of drug-likeness (QED) is 0.880. The van der Waals surface area contributed by atoms with E-state index < -0.39 is 0 Å². The number of benzene rings is 1. The second kappa shape index (κ2) is 7.36. The maximum atomic E-state index is 12.7. The largest absolute Gasteiger partial charge is 0.385 e. The Balaban J connectivity index is 0.00000176. The zero-order chi connectivity index (χ0) is 14.8. The number of thiophene rings is 1. The van der Waals surface area contributed by atoms with Crippen molar-refractivity contribution in [2.45, 2.75) is 19.4 Å². The summed E-state index contributed by atoms with van der Waals surface area (Å²) in [6.07, 6.45) is 2.03. The fourth-order valence-electron chi connectivity index (χ4n) is 2.66. The van der Waals surface area contributed by atoms with Crippen molar-refractivity contribution in [2.75, 3.05) is 18.9 Å². The number of amides is 1. The lowest BCUT2D eigenvalue weighted by atomic mass is 9.97. The number of nitrogens with one attached hydrogen (secondary N) is 1. The maximum Gasteiger partial charge on any atom is 0.254 e. The first-order valence-electron chi connectivity index (χ1n) is 7.00. The molecule has 0 saturated carbocycles. The van der Waals surface area contributed by atoms with Crippen molar-refractivity contribution >= 4 is 46.9 Å². The second-order valence-electron chi connectivity index (χ2n) is 5.23. The number of rotatable bonds is 3. The van der Waals surface area contributed by atoms with E-state index in [1.165, 1.54) is 11.3 Å². The van der Waals surface area contributed by atoms with Gasteiger partial charge in [0.15, 0.2) is 0 Å². The van der Waals surface area contributed by atoms with Gasteiger partial charge in [0.25, 0.3) is 5.91 Å². The average molecular weight is 357 g/mol. The second-order valence-corrected chi connectivity index (χ2v) is 7.03. The molecular formula is C16H18Cl2N2OS. The highest BCUT2D eigenvalue weighted by atomic mass is 35.5. The lowest BCUT2D eigenvalue weighted by Gasteiger charge is -2.23. The Morgan fingerprint density at radius 3 is 2.91 bits per heavy atom. The van der Waals surface area contributed by atoms with Crippen LogP contribution in [0.3, 0.4) is 0 Å². The van der Waals surface area contributed by atoms with E-state index in [0.717, 1.165) is 45.4 Å². The van der Waals surface area contributed by atoms with Crippen LogP contribution < -0.4 is 5.32 Å². The minimum absolute atomic E-state index is 0. The van der Waals surface area contributed by atoms with Gasteiger partial charge >= 0.3 is 0 Å². The molecule has 3 nitrogen and oxygen atoms in total. The number of carbonyl (C=O) groups excluding carboxylic acids is 1. The summed E-state index contributed by atoms with van der Waals surface area (Å²) >= 11 is 7.46. The first kappa shape index (κ1) is 17.1. The van der Waals surface area contributed by atoms with Crippen LogP contribution in [0.2, 0.25) is 4.34 Å². The number of hydrogen-bond donors (Lipinski definition) is 1. The molecule has 1 amide bonds. The predicted molar refractivity (Wildman–Crippen MR) is 95.6 cm³/mol. The van der Waals surface area contributed by atoms with Gasteiger partial charge in [0.05, 0.1) is 10.9 Å². The van der Waals surface area contributed by atoms with E-state index in [2.05, 4.69) is 5.32 Å². The molecule has 1 aliphatic rings. The molecule has 0 aliphatic carbocycles. The van der Waals surface area contributed by atoms with Crippen LogP contribution >= 0.6 is 35.3 Å². The van der Waals surface area contributed by atoms with Gasteiger partial charge in [-0.2, -0.15) is 0 Å². The molecular weight excluding hydrogens is 339 g/mol. The summed E-state index contributed by atoms with van der Waals surface area (Å²) in [6.45, 7) is 1.57. The predicted octanol–water partition coefficient (Wildman–Crippen LogP) is 4.45. The molecule has 1 aromatic carbocycles. The summed E-state index contributed by atoms with van der Waals surface area (Å²) in [5.41, 5.74) is 3.05. The van der Waals surface area contributed by atoms with E-state index >= 15 is 0 Å². The molecule has 0 radical (unpaired) electrons. The Labute approximate surface area is 145 Å². The van der Waals surface area contributed by atoms with E-state index in [4.69, 9.17) is 11.6 Å². The van der Waals surface area contributed by atoms with Crippen LogP contribution in [0, 0.1) is 0 Å². The summed E-state index contributed by atoms with van der Waals surface area (Å²) in [5.74, 6) is 0.0695. The highest BCUT2D eigenvalue weighted by molar-refractivity contribution is 7.16. The molecule has 3 rings (SSSR count). The number of hydrogen-bond acceptors (Lipinski definition) is 3. The van der Waals surface area contributed by atoms with Gasteiger partial charge in [0.1, 0.15) is 0 Å². The number of carbonyl (C=O) groups is 1. The monoisotopic (exact) mass is 356 g/mol. The summed E-state index contributed by atoms with van der Waals surface area (Å²) in [4.78, 5) is 15.5. The summed E-state index contributed by atoms with van der Waals surface area (Å²) in [5, 5.41) is 3.36. The Hall–Kier alpha value is -1.23. The SMILES string of the molecule is CN(Cc1ccc(Cl)s1)C(=O)c1cccc2c1CCCN2.Cl. The van der Waals surface area contributed by atoms with Crippen LogP contribution in [0.25, 0.3) is 0 Å². The molecule has 0 spiro atoms. The maximum absolute atomic E-state index is 12.7. The van der Waals surface area contributed by atoms with E-state index in [1.807, 2.05) is 37.4 Å². The molecule has 0 atom stereocenters. The Bertz CT molecular complexity index is 672. The van der Waals surface area contributed by atoms with Crippen LogP contribution in [-0.2, 0) is 13.0 Å². The van der Waals surface area contributed by atoms with Crippen LogP contribution in [-0.4, -0.2) is 24.4 Å². The van der Waals surface area contributed by atoms with Gasteiger partial charge < -0.3 is 10.2 Å². The van der Waals surface area contributed by atoms with Crippen LogP contribution in [0.1, 0.15) is 27.2 Å². The van der Waals surface area contributed by atoms with E-state index in [1.54, 1.807) is 4.90 Å². The molecule has 0 bridgehead atoms. The van der Waals surface area contributed by atoms with Crippen LogP contribution in [0.15, 0.2) is 30.3 Å². The smallest absolute Gasteiger partial charge is 0.254 e. The van der Waals surface area contributed by atoms with Crippen molar-refractivity contribution in [1.29, 1.82) is 0 Å². The number of halogens is 2. The molecule has 22 heavy (non-hydrogen) atoms. The van der Waals surface area contributed by atoms with E-state index in [0.29, 0.717) is 6.54 Å². The van der Waals surface area contributed by atoms with E-state index in [-0.39, 0.29) is 18.3 Å². The van der Waals surface area contributed by atoms with Crippen molar-refractivity contribution < 1.29 is 4.79 Å². The number of anilines is 1. The number of fused-ring (bicyclic) bond motifs is 1. The van der Waals surface area contributed by atoms with Gasteiger partial charge in [0, 0.05) is 29.7 Å². The first-order valence-corrected chi connectivity index (χ1v) is 8.20. The molecule has 1 aliphatic heterocycles. The molecule has 0 fully saturated rings. The molecule has 0 unspecified atom stereocenters. The third-order valence-electron chi connectivity index (χ3n) is 3.69. The van der Waals surface area contributed by atoms with Gasteiger partial charge in [-0.3, -0.25) is 4.79 Å². The lowest BCUT2D eigenvalue weighted by Crippen LogP contribution is -2.28. The fourth-order valence-corrected chi connectivity index (χ4v) is 3.80. The topological polar surface area (TPSA) is 32.3 Å². The average Bonchev–Trinajstić information content (AvgIpc) is 2.91. The Kier molecular flexibility index (Phi) is 5.73. The highest BCUT2D eigenvalue weighted by Gasteiger charge is 2.20. The highest BCUT2D eigenvalue weighted by Crippen LogP contribution is 2.27. The molecule has 1 aromatic heterocycles. The summed E-state index contributed by atoms with van der Waals surface area (Å²) in [6, 6.07) is 9.75. The van der Waals surface area contributed by atoms with Gasteiger partial charge in [-0.05, 0) is 42.7 Å². The first-order chi connectivity index (χ1) is 10.1.